The second-order valence-corrected chi connectivity index (χ2v) is 12.0. The Kier molecular flexibility index (Phi) is 14.1. The van der Waals surface area contributed by atoms with Crippen molar-refractivity contribution in [3.8, 4) is 0 Å². The summed E-state index contributed by atoms with van der Waals surface area (Å²) < 4.78 is 5.43. The van der Waals surface area contributed by atoms with Crippen molar-refractivity contribution in [1.82, 2.24) is 16.0 Å². The molecule has 0 bridgehead atoms. The second-order valence-electron chi connectivity index (χ2n) is 12.0. The zero-order valence-corrected chi connectivity index (χ0v) is 25.2. The maximum Gasteiger partial charge on any atom is 0.407 e. The standard InChI is InChI=1S/C32H47N3O7/c1-21(2)28(33-19-25(37)20-36)30(40)35-29(39)24(16-22-12-8-6-9-13-22)18-27(38)26(17-23-14-10-7-11-15-23)34-31(41)42-32(3,4)5/h6-15,21,24-28,33,36-38H,16-20H2,1-5H3,(H,34,41)(H,35,39,40)/t24-,25?,26+,27+,28?/m1/s1. The zero-order valence-electron chi connectivity index (χ0n) is 25.2. The Labute approximate surface area is 248 Å². The smallest absolute Gasteiger partial charge is 0.407 e. The molecular formula is C32H47N3O7. The van der Waals surface area contributed by atoms with Crippen LogP contribution in [0.2, 0.25) is 0 Å². The molecule has 2 rings (SSSR count). The second kappa shape index (κ2) is 17.0. The topological polar surface area (TPSA) is 157 Å². The molecule has 10 nitrogen and oxygen atoms in total. The maximum atomic E-state index is 13.5. The molecule has 0 fully saturated rings. The minimum Gasteiger partial charge on any atom is -0.444 e. The van der Waals surface area contributed by atoms with Crippen molar-refractivity contribution < 1.29 is 34.4 Å². The number of aliphatic hydroxyl groups is 3. The van der Waals surface area contributed by atoms with Gasteiger partial charge in [-0.1, -0.05) is 74.5 Å². The quantitative estimate of drug-likeness (QED) is 0.186. The monoisotopic (exact) mass is 585 g/mol. The van der Waals surface area contributed by atoms with Gasteiger partial charge in [0.25, 0.3) is 0 Å². The zero-order chi connectivity index (χ0) is 31.3. The lowest BCUT2D eigenvalue weighted by molar-refractivity contribution is -0.135. The fourth-order valence-corrected chi connectivity index (χ4v) is 4.51. The number of imide groups is 1. The minimum atomic E-state index is -1.15. The molecule has 0 aromatic heterocycles. The van der Waals surface area contributed by atoms with Crippen molar-refractivity contribution in [2.75, 3.05) is 13.2 Å². The van der Waals surface area contributed by atoms with E-state index in [0.717, 1.165) is 11.1 Å². The first kappa shape index (κ1) is 34.9. The van der Waals surface area contributed by atoms with Gasteiger partial charge < -0.3 is 30.7 Å². The van der Waals surface area contributed by atoms with E-state index < -0.39 is 60.3 Å². The number of carbonyl (C=O) groups excluding carboxylic acids is 3. The molecular weight excluding hydrogens is 538 g/mol. The van der Waals surface area contributed by atoms with Crippen LogP contribution in [-0.4, -0.2) is 76.3 Å². The van der Waals surface area contributed by atoms with Crippen LogP contribution in [0.5, 0.6) is 0 Å². The van der Waals surface area contributed by atoms with Gasteiger partial charge in [0.2, 0.25) is 11.8 Å². The van der Waals surface area contributed by atoms with Crippen LogP contribution in [0.1, 0.15) is 52.2 Å². The van der Waals surface area contributed by atoms with Crippen LogP contribution in [0.15, 0.2) is 60.7 Å². The van der Waals surface area contributed by atoms with Crippen molar-refractivity contribution in [1.29, 1.82) is 0 Å². The van der Waals surface area contributed by atoms with E-state index in [9.17, 15) is 24.6 Å². The van der Waals surface area contributed by atoms with Gasteiger partial charge in [-0.2, -0.15) is 0 Å². The van der Waals surface area contributed by atoms with E-state index in [1.54, 1.807) is 34.6 Å². The molecule has 0 aliphatic heterocycles. The Bertz CT molecular complexity index is 1110. The summed E-state index contributed by atoms with van der Waals surface area (Å²) in [6.07, 6.45) is -2.36. The van der Waals surface area contributed by atoms with Crippen LogP contribution in [0.4, 0.5) is 4.79 Å². The van der Waals surface area contributed by atoms with Crippen molar-refractivity contribution >= 4 is 17.9 Å². The van der Waals surface area contributed by atoms with Crippen molar-refractivity contribution in [3.05, 3.63) is 71.8 Å². The summed E-state index contributed by atoms with van der Waals surface area (Å²) in [4.78, 5) is 39.3. The van der Waals surface area contributed by atoms with Gasteiger partial charge in [0, 0.05) is 12.5 Å². The van der Waals surface area contributed by atoms with E-state index in [1.165, 1.54) is 0 Å². The summed E-state index contributed by atoms with van der Waals surface area (Å²) >= 11 is 0. The fraction of sp³-hybridized carbons (Fsp3) is 0.531. The molecule has 0 saturated heterocycles. The average Bonchev–Trinajstić information content (AvgIpc) is 2.92. The van der Waals surface area contributed by atoms with Gasteiger partial charge in [0.1, 0.15) is 5.60 Å². The molecule has 0 aliphatic carbocycles. The molecule has 0 heterocycles. The SMILES string of the molecule is CC(C)C(NCC(O)CO)C(=O)NC(=O)[C@H](Cc1ccccc1)C[C@H](O)[C@H](Cc1ccccc1)NC(=O)OC(C)(C)C. The first-order chi connectivity index (χ1) is 19.8. The van der Waals surface area contributed by atoms with E-state index >= 15 is 0 Å². The molecule has 42 heavy (non-hydrogen) atoms. The third kappa shape index (κ3) is 12.7. The van der Waals surface area contributed by atoms with Gasteiger partial charge in [-0.3, -0.25) is 14.9 Å². The number of alkyl carbamates (subject to hydrolysis) is 1. The Balaban J connectivity index is 2.27. The Morgan fingerprint density at radius 2 is 1.40 bits per heavy atom. The molecule has 2 unspecified atom stereocenters. The van der Waals surface area contributed by atoms with Crippen molar-refractivity contribution in [2.24, 2.45) is 11.8 Å². The molecule has 2 aromatic rings. The van der Waals surface area contributed by atoms with E-state index in [4.69, 9.17) is 9.84 Å². The molecule has 0 radical (unpaired) electrons. The number of amides is 3. The summed E-state index contributed by atoms with van der Waals surface area (Å²) in [5, 5.41) is 38.4. The van der Waals surface area contributed by atoms with Crippen LogP contribution < -0.4 is 16.0 Å². The third-order valence-corrected chi connectivity index (χ3v) is 6.67. The molecule has 10 heteroatoms. The number of aliphatic hydroxyl groups excluding tert-OH is 3. The van der Waals surface area contributed by atoms with Crippen LogP contribution in [-0.2, 0) is 27.2 Å². The van der Waals surface area contributed by atoms with E-state index in [0.29, 0.717) is 6.42 Å². The van der Waals surface area contributed by atoms with E-state index in [-0.39, 0.29) is 25.3 Å². The lowest BCUT2D eigenvalue weighted by atomic mass is 9.88. The van der Waals surface area contributed by atoms with Crippen LogP contribution >= 0.6 is 0 Å². The van der Waals surface area contributed by atoms with E-state index in [2.05, 4.69) is 16.0 Å². The Hall–Kier alpha value is -3.31. The highest BCUT2D eigenvalue weighted by atomic mass is 16.6. The Morgan fingerprint density at radius 3 is 1.90 bits per heavy atom. The first-order valence-electron chi connectivity index (χ1n) is 14.4. The molecule has 0 saturated carbocycles. The first-order valence-corrected chi connectivity index (χ1v) is 14.4. The van der Waals surface area contributed by atoms with Crippen LogP contribution in [0.3, 0.4) is 0 Å². The van der Waals surface area contributed by atoms with Gasteiger partial charge >= 0.3 is 6.09 Å². The number of rotatable bonds is 15. The number of hydrogen-bond acceptors (Lipinski definition) is 8. The summed E-state index contributed by atoms with van der Waals surface area (Å²) in [7, 11) is 0. The number of ether oxygens (including phenoxy) is 1. The normalized spacial score (nSPS) is 15.3. The maximum absolute atomic E-state index is 13.5. The van der Waals surface area contributed by atoms with E-state index in [1.807, 2.05) is 60.7 Å². The lowest BCUT2D eigenvalue weighted by Gasteiger charge is -2.29. The Morgan fingerprint density at radius 1 is 0.857 bits per heavy atom. The predicted molar refractivity (Wildman–Crippen MR) is 160 cm³/mol. The predicted octanol–water partition coefficient (Wildman–Crippen LogP) is 2.34. The molecule has 5 atom stereocenters. The number of hydrogen-bond donors (Lipinski definition) is 6. The van der Waals surface area contributed by atoms with Gasteiger partial charge in [-0.05, 0) is 57.1 Å². The molecule has 2 aromatic carbocycles. The third-order valence-electron chi connectivity index (χ3n) is 6.67. The summed E-state index contributed by atoms with van der Waals surface area (Å²) in [6.45, 7) is 8.35. The minimum absolute atomic E-state index is 0.0232. The number of benzene rings is 2. The molecule has 3 amide bonds. The summed E-state index contributed by atoms with van der Waals surface area (Å²) in [6, 6.07) is 17.1. The highest BCUT2D eigenvalue weighted by Crippen LogP contribution is 2.20. The highest BCUT2D eigenvalue weighted by molar-refractivity contribution is 5.98. The van der Waals surface area contributed by atoms with Crippen LogP contribution in [0, 0.1) is 11.8 Å². The highest BCUT2D eigenvalue weighted by Gasteiger charge is 2.32. The number of nitrogens with one attached hydrogen (secondary N) is 3. The summed E-state index contributed by atoms with van der Waals surface area (Å²) in [5.74, 6) is -2.15. The van der Waals surface area contributed by atoms with Gasteiger partial charge in [-0.15, -0.1) is 0 Å². The van der Waals surface area contributed by atoms with Crippen molar-refractivity contribution in [2.45, 2.75) is 83.8 Å². The lowest BCUT2D eigenvalue weighted by Crippen LogP contribution is -2.53. The largest absolute Gasteiger partial charge is 0.444 e. The van der Waals surface area contributed by atoms with Gasteiger partial charge in [0.15, 0.2) is 0 Å². The average molecular weight is 586 g/mol. The molecule has 0 spiro atoms. The molecule has 0 aliphatic rings. The van der Waals surface area contributed by atoms with Gasteiger partial charge in [-0.25, -0.2) is 4.79 Å². The molecule has 6 N–H and O–H groups in total. The fourth-order valence-electron chi connectivity index (χ4n) is 4.51. The van der Waals surface area contributed by atoms with Crippen molar-refractivity contribution in [3.63, 3.8) is 0 Å². The van der Waals surface area contributed by atoms with Crippen LogP contribution in [0.25, 0.3) is 0 Å². The number of carbonyl (C=O) groups is 3. The molecule has 232 valence electrons. The summed E-state index contributed by atoms with van der Waals surface area (Å²) in [5.41, 5.74) is 0.991. The van der Waals surface area contributed by atoms with Gasteiger partial charge in [0.05, 0.1) is 30.9 Å².